The quantitative estimate of drug-likeness (QED) is 0.799. The van der Waals surface area contributed by atoms with Gasteiger partial charge in [-0.05, 0) is 18.6 Å². The van der Waals surface area contributed by atoms with Crippen LogP contribution >= 0.6 is 23.2 Å². The first-order valence-electron chi connectivity index (χ1n) is 7.13. The highest BCUT2D eigenvalue weighted by Crippen LogP contribution is 2.26. The van der Waals surface area contributed by atoms with Crippen LogP contribution in [0.15, 0.2) is 35.3 Å². The van der Waals surface area contributed by atoms with Crippen molar-refractivity contribution in [2.75, 3.05) is 6.61 Å². The molecule has 1 heterocycles. The van der Waals surface area contributed by atoms with Crippen molar-refractivity contribution in [1.82, 2.24) is 4.98 Å². The van der Waals surface area contributed by atoms with Crippen LogP contribution in [0.1, 0.15) is 24.6 Å². The lowest BCUT2D eigenvalue weighted by Gasteiger charge is -2.08. The van der Waals surface area contributed by atoms with E-state index in [0.717, 1.165) is 6.42 Å². The molecule has 1 aromatic carbocycles. The fourth-order valence-corrected chi connectivity index (χ4v) is 3.90. The van der Waals surface area contributed by atoms with E-state index in [2.05, 4.69) is 4.98 Å². The molecule has 7 heteroatoms. The highest BCUT2D eigenvalue weighted by atomic mass is 35.5. The van der Waals surface area contributed by atoms with Gasteiger partial charge in [0, 0.05) is 44.4 Å². The molecule has 0 aliphatic heterocycles. The van der Waals surface area contributed by atoms with E-state index in [1.807, 2.05) is 6.92 Å². The Labute approximate surface area is 147 Å². The summed E-state index contributed by atoms with van der Waals surface area (Å²) in [5, 5.41) is 0.977. The van der Waals surface area contributed by atoms with Gasteiger partial charge in [0.05, 0.1) is 18.1 Å². The van der Waals surface area contributed by atoms with Gasteiger partial charge in [-0.2, -0.15) is 0 Å². The molecular formula is C16H17Cl2NO3S. The summed E-state index contributed by atoms with van der Waals surface area (Å²) in [5.74, 6) is 0.718. The van der Waals surface area contributed by atoms with Crippen LogP contribution in [0.3, 0.4) is 0 Å². The van der Waals surface area contributed by atoms with E-state index in [9.17, 15) is 9.00 Å². The number of ether oxygens (including phenoxy) is 1. The van der Waals surface area contributed by atoms with Crippen LogP contribution in [0.25, 0.3) is 0 Å². The van der Waals surface area contributed by atoms with Crippen LogP contribution < -0.4 is 10.2 Å². The zero-order valence-corrected chi connectivity index (χ0v) is 14.9. The van der Waals surface area contributed by atoms with Crippen molar-refractivity contribution < 1.29 is 8.95 Å². The fourth-order valence-electron chi connectivity index (χ4n) is 1.96. The maximum Gasteiger partial charge on any atom is 0.223 e. The van der Waals surface area contributed by atoms with Gasteiger partial charge in [-0.3, -0.25) is 9.00 Å². The van der Waals surface area contributed by atoms with Gasteiger partial charge in [0.25, 0.3) is 0 Å². The zero-order valence-electron chi connectivity index (χ0n) is 12.6. The summed E-state index contributed by atoms with van der Waals surface area (Å²) >= 11 is 12.2. The summed E-state index contributed by atoms with van der Waals surface area (Å²) in [6.45, 7) is 2.45. The molecule has 124 valence electrons. The Morgan fingerprint density at radius 2 is 1.91 bits per heavy atom. The minimum atomic E-state index is -1.24. The van der Waals surface area contributed by atoms with Crippen molar-refractivity contribution >= 4 is 34.0 Å². The fraction of sp³-hybridized carbons (Fsp3) is 0.312. The van der Waals surface area contributed by atoms with E-state index in [4.69, 9.17) is 27.9 Å². The lowest BCUT2D eigenvalue weighted by molar-refractivity contribution is 0.313. The van der Waals surface area contributed by atoms with Gasteiger partial charge in [-0.15, -0.1) is 0 Å². The number of hydrogen-bond donors (Lipinski definition) is 1. The summed E-state index contributed by atoms with van der Waals surface area (Å²) in [4.78, 5) is 14.9. The minimum Gasteiger partial charge on any atom is -0.488 e. The van der Waals surface area contributed by atoms with Crippen molar-refractivity contribution in [3.63, 3.8) is 0 Å². The first-order chi connectivity index (χ1) is 11.0. The Balaban J connectivity index is 2.06. The van der Waals surface area contributed by atoms with Gasteiger partial charge in [0.15, 0.2) is 5.75 Å². The van der Waals surface area contributed by atoms with E-state index >= 15 is 0 Å². The van der Waals surface area contributed by atoms with Crippen LogP contribution in [0.2, 0.25) is 10.0 Å². The van der Waals surface area contributed by atoms with Gasteiger partial charge in [0.2, 0.25) is 5.43 Å². The van der Waals surface area contributed by atoms with Crippen molar-refractivity contribution in [2.24, 2.45) is 0 Å². The van der Waals surface area contributed by atoms with Gasteiger partial charge in [-0.25, -0.2) is 0 Å². The maximum absolute atomic E-state index is 12.3. The van der Waals surface area contributed by atoms with Gasteiger partial charge in [-0.1, -0.05) is 36.2 Å². The molecule has 1 aromatic heterocycles. The second-order valence-corrected chi connectivity index (χ2v) is 7.24. The Bertz CT molecular complexity index is 741. The molecule has 0 bridgehead atoms. The molecule has 0 saturated carbocycles. The molecule has 1 atom stereocenters. The van der Waals surface area contributed by atoms with E-state index < -0.39 is 10.8 Å². The number of halogens is 2. The minimum absolute atomic E-state index is 0.213. The highest BCUT2D eigenvalue weighted by Gasteiger charge is 2.11. The third-order valence-corrected chi connectivity index (χ3v) is 5.03. The van der Waals surface area contributed by atoms with Gasteiger partial charge in [0.1, 0.15) is 0 Å². The summed E-state index contributed by atoms with van der Waals surface area (Å²) < 4.78 is 17.6. The topological polar surface area (TPSA) is 59.2 Å². The van der Waals surface area contributed by atoms with Gasteiger partial charge < -0.3 is 9.72 Å². The third-order valence-electron chi connectivity index (χ3n) is 3.08. The predicted molar refractivity (Wildman–Crippen MR) is 94.9 cm³/mol. The smallest absolute Gasteiger partial charge is 0.223 e. The van der Waals surface area contributed by atoms with Crippen LogP contribution in [-0.4, -0.2) is 15.8 Å². The van der Waals surface area contributed by atoms with Crippen LogP contribution in [-0.2, 0) is 22.3 Å². The molecule has 2 rings (SSSR count). The average molecular weight is 374 g/mol. The molecule has 0 aliphatic carbocycles. The van der Waals surface area contributed by atoms with E-state index in [0.29, 0.717) is 27.9 Å². The highest BCUT2D eigenvalue weighted by molar-refractivity contribution is 7.83. The van der Waals surface area contributed by atoms with Crippen molar-refractivity contribution in [2.45, 2.75) is 24.9 Å². The van der Waals surface area contributed by atoms with Crippen molar-refractivity contribution in [3.05, 3.63) is 62.0 Å². The lowest BCUT2D eigenvalue weighted by atomic mass is 10.2. The summed E-state index contributed by atoms with van der Waals surface area (Å²) in [6, 6.07) is 6.57. The number of pyridine rings is 1. The number of nitrogens with one attached hydrogen (secondary N) is 1. The maximum atomic E-state index is 12.3. The Morgan fingerprint density at radius 1 is 1.22 bits per heavy atom. The number of rotatable bonds is 7. The molecule has 0 saturated heterocycles. The molecule has 0 amide bonds. The average Bonchev–Trinajstić information content (AvgIpc) is 2.50. The normalized spacial score (nSPS) is 12.1. The first-order valence-corrected chi connectivity index (χ1v) is 9.38. The van der Waals surface area contributed by atoms with E-state index in [1.54, 1.807) is 18.2 Å². The monoisotopic (exact) mass is 373 g/mol. The van der Waals surface area contributed by atoms with Crippen LogP contribution in [0.4, 0.5) is 0 Å². The standard InChI is InChI=1S/C16H17Cl2NO3S/c1-2-6-22-16-8-19-11(7-15(16)20)9-23(21)10-12-13(17)4-3-5-14(12)18/h3-5,7-8H,2,6,9-10H2,1H3,(H,19,20). The second-order valence-electron chi connectivity index (χ2n) is 4.96. The van der Waals surface area contributed by atoms with E-state index in [-0.39, 0.29) is 22.7 Å². The molecule has 4 nitrogen and oxygen atoms in total. The molecule has 0 fully saturated rings. The molecule has 1 unspecified atom stereocenters. The number of benzene rings is 1. The largest absolute Gasteiger partial charge is 0.488 e. The van der Waals surface area contributed by atoms with E-state index in [1.165, 1.54) is 12.3 Å². The first kappa shape index (κ1) is 18.0. The van der Waals surface area contributed by atoms with Crippen molar-refractivity contribution in [3.8, 4) is 5.75 Å². The predicted octanol–water partition coefficient (Wildman–Crippen LogP) is 3.92. The number of aromatic amines is 1. The summed E-state index contributed by atoms with van der Waals surface area (Å²) in [5.41, 5.74) is 1.01. The number of aromatic nitrogens is 1. The van der Waals surface area contributed by atoms with Crippen LogP contribution in [0, 0.1) is 0 Å². The SMILES string of the molecule is CCCOc1c[nH]c(CS(=O)Cc2c(Cl)cccc2Cl)cc1=O. The molecule has 23 heavy (non-hydrogen) atoms. The molecule has 2 aromatic rings. The lowest BCUT2D eigenvalue weighted by Crippen LogP contribution is -2.11. The second kappa shape index (κ2) is 8.52. The molecule has 1 N–H and O–H groups in total. The zero-order chi connectivity index (χ0) is 16.8. The van der Waals surface area contributed by atoms with Crippen molar-refractivity contribution in [1.29, 1.82) is 0 Å². The summed E-state index contributed by atoms with van der Waals surface area (Å²) in [6.07, 6.45) is 2.33. The Kier molecular flexibility index (Phi) is 6.69. The molecule has 0 radical (unpaired) electrons. The molecule has 0 spiro atoms. The molecular weight excluding hydrogens is 357 g/mol. The van der Waals surface area contributed by atoms with Gasteiger partial charge >= 0.3 is 0 Å². The summed E-state index contributed by atoms with van der Waals surface area (Å²) in [7, 11) is -1.24. The third kappa shape index (κ3) is 5.09. The molecule has 0 aliphatic rings. The number of hydrogen-bond acceptors (Lipinski definition) is 3. The van der Waals surface area contributed by atoms with Crippen LogP contribution in [0.5, 0.6) is 5.75 Å². The Hall–Kier alpha value is -1.30. The Morgan fingerprint density at radius 3 is 2.52 bits per heavy atom. The number of H-pyrrole nitrogens is 1.